The smallest absolute Gasteiger partial charge is 0.110 e. The van der Waals surface area contributed by atoms with E-state index < -0.39 is 0 Å². The molecule has 0 amide bonds. The van der Waals surface area contributed by atoms with E-state index in [1.807, 2.05) is 18.3 Å². The zero-order valence-corrected chi connectivity index (χ0v) is 8.78. The van der Waals surface area contributed by atoms with Gasteiger partial charge in [-0.15, -0.1) is 11.8 Å². The predicted molar refractivity (Wildman–Crippen MR) is 53.0 cm³/mol. The number of hydrogen-bond acceptors (Lipinski definition) is 2. The lowest BCUT2D eigenvalue weighted by Gasteiger charge is -1.99. The Labute approximate surface area is 79.7 Å². The van der Waals surface area contributed by atoms with Gasteiger partial charge in [0.2, 0.25) is 0 Å². The van der Waals surface area contributed by atoms with Gasteiger partial charge in [-0.3, -0.25) is 0 Å². The van der Waals surface area contributed by atoms with E-state index in [-0.39, 0.29) is 0 Å². The first kappa shape index (κ1) is 9.07. The SMILES string of the molecule is CCCSc1ncccc1Br. The van der Waals surface area contributed by atoms with Crippen LogP contribution in [-0.2, 0) is 0 Å². The largest absolute Gasteiger partial charge is 0.249 e. The zero-order chi connectivity index (χ0) is 8.10. The summed E-state index contributed by atoms with van der Waals surface area (Å²) in [4.78, 5) is 4.23. The molecule has 0 aliphatic rings. The Morgan fingerprint density at radius 3 is 3.09 bits per heavy atom. The van der Waals surface area contributed by atoms with Crippen molar-refractivity contribution in [3.63, 3.8) is 0 Å². The maximum atomic E-state index is 4.23. The minimum Gasteiger partial charge on any atom is -0.249 e. The van der Waals surface area contributed by atoms with Crippen LogP contribution in [0.3, 0.4) is 0 Å². The second-order valence-corrected chi connectivity index (χ2v) is 4.08. The molecular formula is C8H10BrNS. The molecule has 0 unspecified atom stereocenters. The number of halogens is 1. The third-order valence-electron chi connectivity index (χ3n) is 1.17. The highest BCUT2D eigenvalue weighted by Crippen LogP contribution is 2.24. The normalized spacial score (nSPS) is 10.0. The van der Waals surface area contributed by atoms with Crippen LogP contribution in [-0.4, -0.2) is 10.7 Å². The number of hydrogen-bond donors (Lipinski definition) is 0. The molecule has 0 fully saturated rings. The quantitative estimate of drug-likeness (QED) is 0.741. The highest BCUT2D eigenvalue weighted by Gasteiger charge is 1.98. The Bertz CT molecular complexity index is 227. The van der Waals surface area contributed by atoms with E-state index in [9.17, 15) is 0 Å². The Balaban J connectivity index is 2.62. The van der Waals surface area contributed by atoms with Gasteiger partial charge in [0.05, 0.1) is 0 Å². The van der Waals surface area contributed by atoms with E-state index in [4.69, 9.17) is 0 Å². The molecule has 0 N–H and O–H groups in total. The molecule has 0 radical (unpaired) electrons. The van der Waals surface area contributed by atoms with Gasteiger partial charge in [-0.25, -0.2) is 4.98 Å². The van der Waals surface area contributed by atoms with Gasteiger partial charge >= 0.3 is 0 Å². The summed E-state index contributed by atoms with van der Waals surface area (Å²) >= 11 is 5.23. The summed E-state index contributed by atoms with van der Waals surface area (Å²) in [6, 6.07) is 3.95. The lowest BCUT2D eigenvalue weighted by Crippen LogP contribution is -1.81. The van der Waals surface area contributed by atoms with Crippen molar-refractivity contribution in [2.24, 2.45) is 0 Å². The monoisotopic (exact) mass is 231 g/mol. The molecule has 0 spiro atoms. The molecule has 0 bridgehead atoms. The second kappa shape index (κ2) is 4.78. The minimum absolute atomic E-state index is 1.09. The lowest BCUT2D eigenvalue weighted by molar-refractivity contribution is 1.07. The maximum absolute atomic E-state index is 4.23. The van der Waals surface area contributed by atoms with E-state index in [2.05, 4.69) is 27.8 Å². The third kappa shape index (κ3) is 2.83. The summed E-state index contributed by atoms with van der Waals surface area (Å²) in [7, 11) is 0. The first-order valence-electron chi connectivity index (χ1n) is 3.58. The summed E-state index contributed by atoms with van der Waals surface area (Å²) in [5, 5.41) is 1.09. The Morgan fingerprint density at radius 2 is 2.45 bits per heavy atom. The number of pyridine rings is 1. The van der Waals surface area contributed by atoms with Crippen LogP contribution in [0.15, 0.2) is 27.8 Å². The van der Waals surface area contributed by atoms with E-state index >= 15 is 0 Å². The highest BCUT2D eigenvalue weighted by molar-refractivity contribution is 9.10. The van der Waals surface area contributed by atoms with Crippen molar-refractivity contribution >= 4 is 27.7 Å². The van der Waals surface area contributed by atoms with E-state index in [0.717, 1.165) is 15.3 Å². The van der Waals surface area contributed by atoms with Crippen LogP contribution in [0, 0.1) is 0 Å². The van der Waals surface area contributed by atoms with Crippen molar-refractivity contribution in [1.82, 2.24) is 4.98 Å². The molecule has 0 saturated carbocycles. The molecule has 3 heteroatoms. The molecule has 1 rings (SSSR count). The molecule has 60 valence electrons. The van der Waals surface area contributed by atoms with Gasteiger partial charge in [-0.05, 0) is 40.2 Å². The number of rotatable bonds is 3. The van der Waals surface area contributed by atoms with Gasteiger partial charge in [0.1, 0.15) is 5.03 Å². The van der Waals surface area contributed by atoms with Crippen LogP contribution < -0.4 is 0 Å². The summed E-state index contributed by atoms with van der Waals surface area (Å²) in [6.07, 6.45) is 3.01. The molecule has 1 nitrogen and oxygen atoms in total. The van der Waals surface area contributed by atoms with Crippen molar-refractivity contribution in [2.75, 3.05) is 5.75 Å². The van der Waals surface area contributed by atoms with Gasteiger partial charge in [0, 0.05) is 10.7 Å². The summed E-state index contributed by atoms with van der Waals surface area (Å²) in [5.41, 5.74) is 0. The number of thioether (sulfide) groups is 1. The predicted octanol–water partition coefficient (Wildman–Crippen LogP) is 3.35. The van der Waals surface area contributed by atoms with Crippen molar-refractivity contribution in [2.45, 2.75) is 18.4 Å². The molecule has 1 aromatic heterocycles. The van der Waals surface area contributed by atoms with E-state index in [1.54, 1.807) is 11.8 Å². The van der Waals surface area contributed by atoms with E-state index in [1.165, 1.54) is 6.42 Å². The molecule has 0 aliphatic carbocycles. The fourth-order valence-electron chi connectivity index (χ4n) is 0.676. The van der Waals surface area contributed by atoms with Crippen molar-refractivity contribution < 1.29 is 0 Å². The second-order valence-electron chi connectivity index (χ2n) is 2.14. The average molecular weight is 232 g/mol. The minimum atomic E-state index is 1.09. The van der Waals surface area contributed by atoms with Gasteiger partial charge in [0.25, 0.3) is 0 Å². The summed E-state index contributed by atoms with van der Waals surface area (Å²) in [5.74, 6) is 1.13. The molecular weight excluding hydrogens is 222 g/mol. The fourth-order valence-corrected chi connectivity index (χ4v) is 2.01. The molecule has 11 heavy (non-hydrogen) atoms. The highest BCUT2D eigenvalue weighted by atomic mass is 79.9. The van der Waals surface area contributed by atoms with Crippen LogP contribution >= 0.6 is 27.7 Å². The van der Waals surface area contributed by atoms with Gasteiger partial charge in [-0.1, -0.05) is 6.92 Å². The van der Waals surface area contributed by atoms with Crippen LogP contribution in [0.4, 0.5) is 0 Å². The average Bonchev–Trinajstić information content (AvgIpc) is 2.03. The van der Waals surface area contributed by atoms with Crippen molar-refractivity contribution in [1.29, 1.82) is 0 Å². The summed E-state index contributed by atoms with van der Waals surface area (Å²) < 4.78 is 1.10. The van der Waals surface area contributed by atoms with E-state index in [0.29, 0.717) is 0 Å². The Hall–Kier alpha value is -0.0200. The maximum Gasteiger partial charge on any atom is 0.110 e. The standard InChI is InChI=1S/C8H10BrNS/c1-2-6-11-8-7(9)4-3-5-10-8/h3-5H,2,6H2,1H3. The van der Waals surface area contributed by atoms with Crippen LogP contribution in [0.1, 0.15) is 13.3 Å². The topological polar surface area (TPSA) is 12.9 Å². The summed E-state index contributed by atoms with van der Waals surface area (Å²) in [6.45, 7) is 2.17. The molecule has 0 atom stereocenters. The molecule has 1 heterocycles. The Kier molecular flexibility index (Phi) is 3.94. The zero-order valence-electron chi connectivity index (χ0n) is 6.38. The molecule has 0 aliphatic heterocycles. The first-order valence-corrected chi connectivity index (χ1v) is 5.35. The molecule has 0 saturated heterocycles. The van der Waals surface area contributed by atoms with Crippen molar-refractivity contribution in [3.8, 4) is 0 Å². The van der Waals surface area contributed by atoms with Crippen LogP contribution in [0.25, 0.3) is 0 Å². The molecule has 0 aromatic carbocycles. The Morgan fingerprint density at radius 1 is 1.64 bits per heavy atom. The lowest BCUT2D eigenvalue weighted by atomic mass is 10.5. The van der Waals surface area contributed by atoms with Crippen molar-refractivity contribution in [3.05, 3.63) is 22.8 Å². The first-order chi connectivity index (χ1) is 5.34. The third-order valence-corrected chi connectivity index (χ3v) is 3.28. The van der Waals surface area contributed by atoms with Gasteiger partial charge < -0.3 is 0 Å². The number of nitrogens with zero attached hydrogens (tertiary/aromatic N) is 1. The van der Waals surface area contributed by atoms with Gasteiger partial charge in [-0.2, -0.15) is 0 Å². The fraction of sp³-hybridized carbons (Fsp3) is 0.375. The number of aromatic nitrogens is 1. The molecule has 1 aromatic rings. The van der Waals surface area contributed by atoms with Crippen LogP contribution in [0.5, 0.6) is 0 Å². The van der Waals surface area contributed by atoms with Gasteiger partial charge in [0.15, 0.2) is 0 Å². The van der Waals surface area contributed by atoms with Crippen LogP contribution in [0.2, 0.25) is 0 Å².